The third-order valence-corrected chi connectivity index (χ3v) is 9.81. The highest BCUT2D eigenvalue weighted by Crippen LogP contribution is 2.45. The number of benzene rings is 5. The van der Waals surface area contributed by atoms with Gasteiger partial charge in [-0.25, -0.2) is 0 Å². The number of halogens is 6. The Morgan fingerprint density at radius 2 is 1.24 bits per heavy atom. The summed E-state index contributed by atoms with van der Waals surface area (Å²) in [5, 5.41) is 13.1. The van der Waals surface area contributed by atoms with Crippen LogP contribution in [0.3, 0.4) is 0 Å². The third-order valence-electron chi connectivity index (χ3n) is 9.81. The SMILES string of the molecule is COc1ccc(C(OC[C@H]2C[C@H](N(C(=O)C(F)(F)F)c3cccc4c(NC(=O)C(F)(F)F)cccc34)C[C@@H]2O)(c2ccccc2)c2ccc(OC)cc2)cc1. The second-order valence-corrected chi connectivity index (χ2v) is 13.1. The van der Waals surface area contributed by atoms with E-state index in [0.29, 0.717) is 33.1 Å². The van der Waals surface area contributed by atoms with Crippen molar-refractivity contribution >= 4 is 34.0 Å². The maximum absolute atomic E-state index is 14.3. The summed E-state index contributed by atoms with van der Waals surface area (Å²) in [6.07, 6.45) is -12.2. The predicted molar refractivity (Wildman–Crippen MR) is 193 cm³/mol. The Bertz CT molecular complexity index is 2080. The molecule has 1 aliphatic rings. The van der Waals surface area contributed by atoms with Gasteiger partial charge in [0.25, 0.3) is 0 Å². The molecule has 2 N–H and O–H groups in total. The van der Waals surface area contributed by atoms with Crippen molar-refractivity contribution < 1.29 is 55.2 Å². The minimum Gasteiger partial charge on any atom is -0.497 e. The van der Waals surface area contributed by atoms with Crippen LogP contribution in [-0.2, 0) is 19.9 Å². The molecule has 0 aromatic heterocycles. The Kier molecular flexibility index (Phi) is 11.1. The molecule has 0 unspecified atom stereocenters. The molecule has 6 rings (SSSR count). The number of hydrogen-bond acceptors (Lipinski definition) is 6. The number of anilines is 2. The Morgan fingerprint density at radius 3 is 1.78 bits per heavy atom. The maximum atomic E-state index is 14.3. The summed E-state index contributed by atoms with van der Waals surface area (Å²) < 4.78 is 100.0. The highest BCUT2D eigenvalue weighted by atomic mass is 19.4. The first-order valence-electron chi connectivity index (χ1n) is 17.1. The number of methoxy groups -OCH3 is 2. The third kappa shape index (κ3) is 7.96. The van der Waals surface area contributed by atoms with Crippen LogP contribution in [0.5, 0.6) is 11.5 Å². The van der Waals surface area contributed by atoms with E-state index in [4.69, 9.17) is 14.2 Å². The van der Waals surface area contributed by atoms with E-state index in [-0.39, 0.29) is 41.6 Å². The van der Waals surface area contributed by atoms with Crippen LogP contribution in [0.25, 0.3) is 10.8 Å². The van der Waals surface area contributed by atoms with E-state index in [0.717, 1.165) is 0 Å². The van der Waals surface area contributed by atoms with Gasteiger partial charge in [0.1, 0.15) is 17.1 Å². The lowest BCUT2D eigenvalue weighted by Gasteiger charge is -2.37. The number of rotatable bonds is 11. The summed E-state index contributed by atoms with van der Waals surface area (Å²) in [5.41, 5.74) is 0.224. The van der Waals surface area contributed by atoms with Gasteiger partial charge in [0, 0.05) is 28.4 Å². The number of aliphatic hydroxyl groups excluding tert-OH is 1. The molecule has 5 aromatic carbocycles. The van der Waals surface area contributed by atoms with Gasteiger partial charge in [-0.15, -0.1) is 0 Å². The highest BCUT2D eigenvalue weighted by Gasteiger charge is 2.49. The topological polar surface area (TPSA) is 97.3 Å². The molecule has 5 aromatic rings. The van der Waals surface area contributed by atoms with E-state index in [1.165, 1.54) is 50.6 Å². The van der Waals surface area contributed by atoms with Gasteiger partial charge in [0.15, 0.2) is 0 Å². The van der Waals surface area contributed by atoms with E-state index < -0.39 is 47.8 Å². The fourth-order valence-electron chi connectivity index (χ4n) is 7.18. The van der Waals surface area contributed by atoms with Crippen molar-refractivity contribution in [2.75, 3.05) is 31.0 Å². The first kappa shape index (κ1) is 39.1. The number of amides is 2. The first-order chi connectivity index (χ1) is 26.2. The molecule has 1 aliphatic carbocycles. The molecule has 0 bridgehead atoms. The number of alkyl halides is 6. The van der Waals surface area contributed by atoms with E-state index in [9.17, 15) is 41.0 Å². The maximum Gasteiger partial charge on any atom is 0.471 e. The lowest BCUT2D eigenvalue weighted by Crippen LogP contribution is -2.47. The zero-order valence-corrected chi connectivity index (χ0v) is 29.5. The van der Waals surface area contributed by atoms with Crippen molar-refractivity contribution in [3.63, 3.8) is 0 Å². The van der Waals surface area contributed by atoms with Gasteiger partial charge in [0.2, 0.25) is 0 Å². The Labute approximate surface area is 312 Å². The van der Waals surface area contributed by atoms with Crippen LogP contribution in [0, 0.1) is 5.92 Å². The van der Waals surface area contributed by atoms with Crippen molar-refractivity contribution in [3.05, 3.63) is 132 Å². The molecule has 288 valence electrons. The number of nitrogens with zero attached hydrogens (tertiary/aromatic N) is 1. The Hall–Kier alpha value is -5.60. The van der Waals surface area contributed by atoms with Crippen LogP contribution in [-0.4, -0.2) is 62.2 Å². The molecule has 0 saturated heterocycles. The van der Waals surface area contributed by atoms with Gasteiger partial charge in [-0.1, -0.05) is 78.9 Å². The normalized spacial score (nSPS) is 17.5. The molecule has 1 fully saturated rings. The number of carbonyl (C=O) groups is 2. The molecule has 8 nitrogen and oxygen atoms in total. The number of aliphatic hydroxyl groups is 1. The van der Waals surface area contributed by atoms with Gasteiger partial charge in [-0.05, 0) is 65.9 Å². The minimum atomic E-state index is -5.35. The zero-order chi connectivity index (χ0) is 39.5. The summed E-state index contributed by atoms with van der Waals surface area (Å²) >= 11 is 0. The summed E-state index contributed by atoms with van der Waals surface area (Å²) in [6, 6.07) is 30.1. The Morgan fingerprint density at radius 1 is 0.691 bits per heavy atom. The Balaban J connectivity index is 1.38. The molecular formula is C41H36F6N2O6. The van der Waals surface area contributed by atoms with Crippen LogP contribution >= 0.6 is 0 Å². The van der Waals surface area contributed by atoms with Crippen molar-refractivity contribution in [1.82, 2.24) is 0 Å². The summed E-state index contributed by atoms with van der Waals surface area (Å²) in [6.45, 7) is -0.165. The molecule has 2 amide bonds. The van der Waals surface area contributed by atoms with Crippen LogP contribution in [0.15, 0.2) is 115 Å². The molecule has 0 radical (unpaired) electrons. The van der Waals surface area contributed by atoms with Crippen LogP contribution < -0.4 is 19.7 Å². The molecule has 14 heteroatoms. The molecular weight excluding hydrogens is 730 g/mol. The van der Waals surface area contributed by atoms with Crippen LogP contribution in [0.4, 0.5) is 37.7 Å². The quantitative estimate of drug-likeness (QED) is 0.104. The van der Waals surface area contributed by atoms with Gasteiger partial charge >= 0.3 is 24.2 Å². The molecule has 3 atom stereocenters. The smallest absolute Gasteiger partial charge is 0.471 e. The number of carbonyl (C=O) groups excluding carboxylic acids is 2. The largest absolute Gasteiger partial charge is 0.497 e. The van der Waals surface area contributed by atoms with E-state index >= 15 is 0 Å². The van der Waals surface area contributed by atoms with Gasteiger partial charge in [0.05, 0.1) is 32.6 Å². The van der Waals surface area contributed by atoms with Gasteiger partial charge in [-0.3, -0.25) is 9.59 Å². The predicted octanol–water partition coefficient (Wildman–Crippen LogP) is 8.40. The molecule has 0 aliphatic heterocycles. The monoisotopic (exact) mass is 766 g/mol. The second-order valence-electron chi connectivity index (χ2n) is 13.1. The summed E-state index contributed by atoms with van der Waals surface area (Å²) in [5.74, 6) is -4.09. The highest BCUT2D eigenvalue weighted by molar-refractivity contribution is 6.11. The number of hydrogen-bond donors (Lipinski definition) is 2. The van der Waals surface area contributed by atoms with Crippen molar-refractivity contribution in [2.45, 2.75) is 42.9 Å². The number of ether oxygens (including phenoxy) is 3. The molecule has 55 heavy (non-hydrogen) atoms. The van der Waals surface area contributed by atoms with Crippen molar-refractivity contribution in [1.29, 1.82) is 0 Å². The van der Waals surface area contributed by atoms with Crippen molar-refractivity contribution in [2.24, 2.45) is 5.92 Å². The molecule has 1 saturated carbocycles. The zero-order valence-electron chi connectivity index (χ0n) is 29.5. The average Bonchev–Trinajstić information content (AvgIpc) is 3.54. The van der Waals surface area contributed by atoms with Crippen LogP contribution in [0.2, 0.25) is 0 Å². The van der Waals surface area contributed by atoms with Crippen LogP contribution in [0.1, 0.15) is 29.5 Å². The molecule has 0 spiro atoms. The van der Waals surface area contributed by atoms with E-state index in [1.54, 1.807) is 29.6 Å². The van der Waals surface area contributed by atoms with E-state index in [1.807, 2.05) is 54.6 Å². The fraction of sp³-hybridized carbons (Fsp3) is 0.268. The minimum absolute atomic E-state index is 0.0172. The second kappa shape index (κ2) is 15.6. The van der Waals surface area contributed by atoms with Crippen molar-refractivity contribution in [3.8, 4) is 11.5 Å². The average molecular weight is 767 g/mol. The van der Waals surface area contributed by atoms with Gasteiger partial charge in [-0.2, -0.15) is 26.3 Å². The first-order valence-corrected chi connectivity index (χ1v) is 17.1. The summed E-state index contributed by atoms with van der Waals surface area (Å²) in [7, 11) is 3.07. The fourth-order valence-corrected chi connectivity index (χ4v) is 7.18. The standard InChI is InChI=1S/C41H36F6N2O6/c1-53-30-18-14-27(15-19-30)39(26-8-4-3-5-9-26,28-16-20-31(54-2)21-17-28)55-24-25-22-29(23-36(25)50)49(38(52)41(45,46)47)35-13-7-10-32-33(35)11-6-12-34(32)48-37(51)40(42,43)44/h3-21,25,29,36,50H,22-24H2,1-2H3,(H,48,51)/t25-,29+,36+/m1/s1. The number of nitrogens with one attached hydrogen (secondary N) is 1. The molecule has 0 heterocycles. The van der Waals surface area contributed by atoms with Gasteiger partial charge < -0.3 is 29.5 Å². The summed E-state index contributed by atoms with van der Waals surface area (Å²) in [4.78, 5) is 25.5. The lowest BCUT2D eigenvalue weighted by atomic mass is 9.79. The lowest BCUT2D eigenvalue weighted by molar-refractivity contribution is -0.171. The van der Waals surface area contributed by atoms with E-state index in [2.05, 4.69) is 0 Å². The number of fused-ring (bicyclic) bond motifs is 1.